The van der Waals surface area contributed by atoms with E-state index < -0.39 is 77.2 Å². The van der Waals surface area contributed by atoms with Crippen LogP contribution in [0.2, 0.25) is 0 Å². The van der Waals surface area contributed by atoms with Crippen LogP contribution in [0.15, 0.2) is 5.11 Å². The second-order valence-electron chi connectivity index (χ2n) is 14.8. The Balaban J connectivity index is 2.10. The van der Waals surface area contributed by atoms with Crippen LogP contribution in [0.3, 0.4) is 0 Å². The maximum Gasteiger partial charge on any atom is 0.410 e. The summed E-state index contributed by atoms with van der Waals surface area (Å²) >= 11 is 0. The Morgan fingerprint density at radius 1 is 1.14 bits per heavy atom. The number of ketones is 2. The molecule has 0 bridgehead atoms. The summed E-state index contributed by atoms with van der Waals surface area (Å²) in [7, 11) is 5.00. The number of cyclic esters (lactones) is 1. The average Bonchev–Trinajstić information content (AvgIpc) is 3.29. The van der Waals surface area contributed by atoms with Crippen molar-refractivity contribution in [2.24, 2.45) is 17.0 Å². The van der Waals surface area contributed by atoms with Gasteiger partial charge in [-0.2, -0.15) is 0 Å². The van der Waals surface area contributed by atoms with Crippen LogP contribution in [0.4, 0.5) is 9.18 Å². The average molecular weight is 714 g/mol. The number of hydrogen-bond acceptors (Lipinski definition) is 12. The molecule has 1 amide bonds. The molecular weight excluding hydrogens is 657 g/mol. The molecule has 50 heavy (non-hydrogen) atoms. The van der Waals surface area contributed by atoms with Gasteiger partial charge in [-0.15, -0.1) is 0 Å². The molecule has 15 nitrogen and oxygen atoms in total. The monoisotopic (exact) mass is 713 g/mol. The number of halogens is 1. The highest BCUT2D eigenvalue weighted by Gasteiger charge is 2.60. The molecule has 0 aromatic rings. The third-order valence-electron chi connectivity index (χ3n) is 10.8. The van der Waals surface area contributed by atoms with Gasteiger partial charge in [-0.05, 0) is 79.4 Å². The van der Waals surface area contributed by atoms with Crippen molar-refractivity contribution in [3.63, 3.8) is 0 Å². The number of ether oxygens (including phenoxy) is 5. The summed E-state index contributed by atoms with van der Waals surface area (Å²) in [6.07, 6.45) is -4.70. The van der Waals surface area contributed by atoms with Crippen molar-refractivity contribution in [3.8, 4) is 0 Å². The normalized spacial score (nSPS) is 40.5. The Labute approximate surface area is 294 Å². The molecule has 12 atom stereocenters. The number of unbranched alkanes of at least 4 members (excludes halogenated alkanes) is 1. The number of methoxy groups -OCH3 is 1. The molecule has 1 N–H and O–H groups in total. The van der Waals surface area contributed by atoms with Gasteiger partial charge < -0.3 is 38.6 Å². The van der Waals surface area contributed by atoms with Crippen LogP contribution >= 0.6 is 0 Å². The first-order chi connectivity index (χ1) is 23.3. The van der Waals surface area contributed by atoms with Crippen LogP contribution in [-0.4, -0.2) is 132 Å². The molecule has 0 saturated carbocycles. The highest BCUT2D eigenvalue weighted by Crippen LogP contribution is 2.42. The lowest BCUT2D eigenvalue weighted by Crippen LogP contribution is -2.61. The Morgan fingerprint density at radius 2 is 1.80 bits per heavy atom. The zero-order valence-corrected chi connectivity index (χ0v) is 31.1. The number of amides is 1. The fraction of sp³-hybridized carbons (Fsp3) is 0.882. The fourth-order valence-electron chi connectivity index (χ4n) is 7.63. The molecule has 3 aliphatic rings. The number of aliphatic hydroxyl groups excluding tert-OH is 1. The fourth-order valence-corrected chi connectivity index (χ4v) is 7.63. The molecule has 0 radical (unpaired) electrons. The summed E-state index contributed by atoms with van der Waals surface area (Å²) in [6.45, 7) is 11.0. The Morgan fingerprint density at radius 3 is 2.38 bits per heavy atom. The molecule has 3 rings (SSSR count). The van der Waals surface area contributed by atoms with Crippen molar-refractivity contribution in [2.45, 2.75) is 147 Å². The lowest BCUT2D eigenvalue weighted by Gasteiger charge is -2.47. The minimum Gasteiger partial charge on any atom is -0.455 e. The third kappa shape index (κ3) is 8.59. The van der Waals surface area contributed by atoms with Crippen molar-refractivity contribution in [3.05, 3.63) is 10.4 Å². The number of fused-ring (bicyclic) bond motifs is 1. The highest BCUT2D eigenvalue weighted by atomic mass is 19.1. The zero-order chi connectivity index (χ0) is 37.8. The number of aliphatic hydroxyl groups is 1. The van der Waals surface area contributed by atoms with E-state index in [9.17, 15) is 24.3 Å². The summed E-state index contributed by atoms with van der Waals surface area (Å²) < 4.78 is 46.6. The molecule has 0 aliphatic carbocycles. The molecule has 3 fully saturated rings. The van der Waals surface area contributed by atoms with E-state index in [0.29, 0.717) is 19.3 Å². The minimum atomic E-state index is -3.17. The number of hydrogen-bond donors (Lipinski definition) is 1. The summed E-state index contributed by atoms with van der Waals surface area (Å²) in [5, 5.41) is 14.8. The Bertz CT molecular complexity index is 1300. The van der Waals surface area contributed by atoms with Crippen LogP contribution < -0.4 is 0 Å². The second-order valence-corrected chi connectivity index (χ2v) is 14.8. The maximum absolute atomic E-state index is 16.6. The molecule has 16 heteroatoms. The van der Waals surface area contributed by atoms with E-state index in [1.165, 1.54) is 18.9 Å². The third-order valence-corrected chi connectivity index (χ3v) is 10.8. The van der Waals surface area contributed by atoms with Crippen molar-refractivity contribution in [1.29, 1.82) is 0 Å². The van der Waals surface area contributed by atoms with Crippen LogP contribution in [-0.2, 0) is 38.1 Å². The zero-order valence-electron chi connectivity index (χ0n) is 31.1. The number of rotatable bonds is 10. The number of esters is 1. The minimum absolute atomic E-state index is 0.00481. The van der Waals surface area contributed by atoms with Crippen LogP contribution in [0.5, 0.6) is 0 Å². The quantitative estimate of drug-likeness (QED) is 0.0856. The van der Waals surface area contributed by atoms with Gasteiger partial charge in [-0.3, -0.25) is 9.59 Å². The van der Waals surface area contributed by atoms with Gasteiger partial charge in [-0.25, -0.2) is 14.0 Å². The predicted octanol–water partition coefficient (Wildman–Crippen LogP) is 4.13. The summed E-state index contributed by atoms with van der Waals surface area (Å²) in [5.74, 6) is -4.98. The van der Waals surface area contributed by atoms with Gasteiger partial charge in [0.25, 0.3) is 5.67 Å². The predicted molar refractivity (Wildman–Crippen MR) is 179 cm³/mol. The van der Waals surface area contributed by atoms with Gasteiger partial charge in [0.15, 0.2) is 17.7 Å². The van der Waals surface area contributed by atoms with Gasteiger partial charge in [-0.1, -0.05) is 25.9 Å². The lowest BCUT2D eigenvalue weighted by atomic mass is 9.75. The van der Waals surface area contributed by atoms with Gasteiger partial charge in [0.1, 0.15) is 18.0 Å². The molecule has 3 aliphatic heterocycles. The molecule has 3 saturated heterocycles. The number of likely N-dealkylation sites (N-methyl/N-ethyl adjacent to an activating group) is 1. The number of carbonyl (C=O) groups is 4. The Kier molecular flexibility index (Phi) is 13.8. The Hall–Kier alpha value is -2.88. The summed E-state index contributed by atoms with van der Waals surface area (Å²) in [4.78, 5) is 61.1. The number of alkyl halides is 1. The first-order valence-electron chi connectivity index (χ1n) is 17.5. The van der Waals surface area contributed by atoms with E-state index in [1.54, 1.807) is 27.7 Å². The molecule has 284 valence electrons. The maximum atomic E-state index is 16.6. The molecule has 3 unspecified atom stereocenters. The first-order valence-corrected chi connectivity index (χ1v) is 17.5. The van der Waals surface area contributed by atoms with Gasteiger partial charge in [0, 0.05) is 49.4 Å². The van der Waals surface area contributed by atoms with E-state index in [0.717, 1.165) is 6.92 Å². The van der Waals surface area contributed by atoms with Crippen molar-refractivity contribution in [1.82, 2.24) is 9.80 Å². The first kappa shape index (κ1) is 41.5. The smallest absolute Gasteiger partial charge is 0.410 e. The van der Waals surface area contributed by atoms with E-state index in [4.69, 9.17) is 29.2 Å². The summed E-state index contributed by atoms with van der Waals surface area (Å²) in [5.41, 5.74) is 2.43. The van der Waals surface area contributed by atoms with E-state index in [2.05, 4.69) is 10.0 Å². The molecule has 3 heterocycles. The molecular formula is C34H56FN5O10. The molecule has 0 aromatic carbocycles. The molecule has 0 aromatic heterocycles. The summed E-state index contributed by atoms with van der Waals surface area (Å²) in [6, 6.07) is -1.27. The SMILES string of the molecule is CC[C@H]1OC(=O)[C@@](C)(F)C(=O)[C@H](C)[C@@H](O[C@@H]2OC(C)CC(N(C)C)C2O)[C@](C)(OC)C[C@@H](C)C(=O)C[C@H]2N(CCCCN=[N+]=[N-])C(=O)O[C@]12C. The van der Waals surface area contributed by atoms with E-state index >= 15 is 4.39 Å². The van der Waals surface area contributed by atoms with Crippen molar-refractivity contribution >= 4 is 23.6 Å². The highest BCUT2D eigenvalue weighted by molar-refractivity contribution is 6.07. The number of nitrogens with zero attached hydrogens (tertiary/aromatic N) is 5. The lowest BCUT2D eigenvalue weighted by molar-refractivity contribution is -0.295. The van der Waals surface area contributed by atoms with Crippen molar-refractivity contribution in [2.75, 3.05) is 34.3 Å². The molecule has 0 spiro atoms. The second kappa shape index (κ2) is 16.6. The van der Waals surface area contributed by atoms with Gasteiger partial charge in [0.2, 0.25) is 0 Å². The van der Waals surface area contributed by atoms with E-state index in [1.807, 2.05) is 25.9 Å². The van der Waals surface area contributed by atoms with Gasteiger partial charge in [0.05, 0.1) is 23.9 Å². The van der Waals surface area contributed by atoms with Crippen LogP contribution in [0, 0.1) is 11.8 Å². The van der Waals surface area contributed by atoms with Crippen molar-refractivity contribution < 1.29 is 52.4 Å². The van der Waals surface area contributed by atoms with Crippen LogP contribution in [0.25, 0.3) is 10.4 Å². The number of azide groups is 1. The number of Topliss-reactive ketones (excluding diaryl/α,β-unsaturated/α-hetero) is 2. The van der Waals surface area contributed by atoms with Crippen LogP contribution in [0.1, 0.15) is 87.0 Å². The standard InChI is InChI=1S/C34H56FN5O10/c1-11-25-34(7)24(40(31(45)50-34)15-13-12-14-37-38-36)17-23(41)19(2)18-32(5,46-10)28(21(4)27(43)33(6,35)30(44)48-25)49-29-26(42)22(39(8)9)16-20(3)47-29/h19-22,24-26,28-29,42H,11-18H2,1-10H3/t19-,20?,21+,22?,24-,25-,26?,28-,29+,32-,33+,34+/m1/s1. The number of carbonyl (C=O) groups excluding carboxylic acids is 4. The largest absolute Gasteiger partial charge is 0.455 e. The van der Waals surface area contributed by atoms with E-state index in [-0.39, 0.29) is 50.3 Å². The topological polar surface area (TPSA) is 190 Å². The van der Waals surface area contributed by atoms with Gasteiger partial charge >= 0.3 is 12.1 Å².